The fourth-order valence-corrected chi connectivity index (χ4v) is 3.03. The van der Waals surface area contributed by atoms with Gasteiger partial charge in [0.2, 0.25) is 11.9 Å². The summed E-state index contributed by atoms with van der Waals surface area (Å²) < 4.78 is 0. The molecule has 0 aromatic carbocycles. The maximum Gasteiger partial charge on any atom is 0.239 e. The molecule has 21 heavy (non-hydrogen) atoms. The van der Waals surface area contributed by atoms with Crippen LogP contribution in [0.15, 0.2) is 6.07 Å². The van der Waals surface area contributed by atoms with Gasteiger partial charge in [0, 0.05) is 18.0 Å². The third kappa shape index (κ3) is 3.24. The maximum absolute atomic E-state index is 11.8. The van der Waals surface area contributed by atoms with E-state index in [4.69, 9.17) is 0 Å². The van der Waals surface area contributed by atoms with Crippen molar-refractivity contribution in [3.05, 3.63) is 10.9 Å². The highest BCUT2D eigenvalue weighted by molar-refractivity contribution is 7.18. The molecule has 0 saturated heterocycles. The Morgan fingerprint density at radius 3 is 2.90 bits per heavy atom. The van der Waals surface area contributed by atoms with Gasteiger partial charge in [-0.05, 0) is 25.3 Å². The molecule has 2 aromatic heterocycles. The minimum absolute atomic E-state index is 0.0150. The molecule has 1 aliphatic rings. The molecule has 1 saturated carbocycles. The Morgan fingerprint density at radius 1 is 1.43 bits per heavy atom. The van der Waals surface area contributed by atoms with Crippen LogP contribution < -0.4 is 16.0 Å². The Morgan fingerprint density at radius 2 is 2.24 bits per heavy atom. The van der Waals surface area contributed by atoms with E-state index in [-0.39, 0.29) is 12.5 Å². The van der Waals surface area contributed by atoms with Crippen molar-refractivity contribution >= 4 is 39.2 Å². The van der Waals surface area contributed by atoms with E-state index < -0.39 is 0 Å². The third-order valence-corrected chi connectivity index (χ3v) is 4.55. The largest absolute Gasteiger partial charge is 0.360 e. The molecular weight excluding hydrogens is 286 g/mol. The molecule has 2 aromatic rings. The summed E-state index contributed by atoms with van der Waals surface area (Å²) in [7, 11) is 1.79. The smallest absolute Gasteiger partial charge is 0.239 e. The monoisotopic (exact) mass is 305 g/mol. The van der Waals surface area contributed by atoms with Crippen molar-refractivity contribution < 1.29 is 4.79 Å². The van der Waals surface area contributed by atoms with Gasteiger partial charge in [-0.15, -0.1) is 11.3 Å². The number of nitrogens with zero attached hydrogens (tertiary/aromatic N) is 2. The number of carbonyl (C=O) groups excluding carboxylic acids is 1. The van der Waals surface area contributed by atoms with Crippen molar-refractivity contribution in [3.8, 4) is 0 Å². The van der Waals surface area contributed by atoms with Gasteiger partial charge in [-0.25, -0.2) is 4.98 Å². The number of aryl methyl sites for hydroxylation is 1. The van der Waals surface area contributed by atoms with Gasteiger partial charge in [-0.1, -0.05) is 6.92 Å². The molecule has 1 amide bonds. The van der Waals surface area contributed by atoms with Crippen LogP contribution in [0, 0.1) is 0 Å². The second-order valence-corrected chi connectivity index (χ2v) is 6.24. The third-order valence-electron chi connectivity index (χ3n) is 3.37. The molecule has 0 aliphatic heterocycles. The molecule has 1 fully saturated rings. The standard InChI is InChI=1S/C14H19N5OS/c1-3-9-6-10-12(16-7-11(20)17-8-4-5-8)18-14(15-2)19-13(10)21-9/h6,8H,3-5,7H2,1-2H3,(H,17,20)(H2,15,16,18,19). The number of hydrogen-bond donors (Lipinski definition) is 3. The summed E-state index contributed by atoms with van der Waals surface area (Å²) in [4.78, 5) is 22.9. The number of rotatable bonds is 6. The zero-order valence-electron chi connectivity index (χ0n) is 12.2. The van der Waals surface area contributed by atoms with Crippen molar-refractivity contribution in [2.75, 3.05) is 24.2 Å². The van der Waals surface area contributed by atoms with E-state index in [1.807, 2.05) is 0 Å². The predicted molar refractivity (Wildman–Crippen MR) is 86.0 cm³/mol. The normalized spacial score (nSPS) is 14.2. The van der Waals surface area contributed by atoms with E-state index in [0.29, 0.717) is 17.8 Å². The van der Waals surface area contributed by atoms with Gasteiger partial charge >= 0.3 is 0 Å². The van der Waals surface area contributed by atoms with Crippen LogP contribution in [0.5, 0.6) is 0 Å². The molecule has 7 heteroatoms. The van der Waals surface area contributed by atoms with Gasteiger partial charge in [-0.2, -0.15) is 4.98 Å². The lowest BCUT2D eigenvalue weighted by atomic mass is 10.3. The second-order valence-electron chi connectivity index (χ2n) is 5.13. The minimum Gasteiger partial charge on any atom is -0.360 e. The van der Waals surface area contributed by atoms with Crippen LogP contribution in [0.3, 0.4) is 0 Å². The Hall–Kier alpha value is -1.89. The number of hydrogen-bond acceptors (Lipinski definition) is 6. The number of anilines is 2. The molecule has 0 spiro atoms. The summed E-state index contributed by atoms with van der Waals surface area (Å²) in [5.41, 5.74) is 0. The lowest BCUT2D eigenvalue weighted by Gasteiger charge is -2.08. The van der Waals surface area contributed by atoms with Crippen LogP contribution in [0.4, 0.5) is 11.8 Å². The van der Waals surface area contributed by atoms with Crippen molar-refractivity contribution in [1.29, 1.82) is 0 Å². The van der Waals surface area contributed by atoms with Crippen LogP contribution in [0.1, 0.15) is 24.6 Å². The maximum atomic E-state index is 11.8. The number of nitrogens with one attached hydrogen (secondary N) is 3. The first-order chi connectivity index (χ1) is 10.2. The molecule has 112 valence electrons. The minimum atomic E-state index is 0.0150. The fraction of sp³-hybridized carbons (Fsp3) is 0.500. The average molecular weight is 305 g/mol. The van der Waals surface area contributed by atoms with Crippen molar-refractivity contribution in [2.45, 2.75) is 32.2 Å². The van der Waals surface area contributed by atoms with Gasteiger partial charge in [0.05, 0.1) is 11.9 Å². The topological polar surface area (TPSA) is 78.9 Å². The number of thiophene rings is 1. The fourth-order valence-electron chi connectivity index (χ4n) is 2.06. The average Bonchev–Trinajstić information content (AvgIpc) is 3.19. The summed E-state index contributed by atoms with van der Waals surface area (Å²) >= 11 is 1.66. The summed E-state index contributed by atoms with van der Waals surface area (Å²) in [6.07, 6.45) is 3.16. The van der Waals surface area contributed by atoms with E-state index in [9.17, 15) is 4.79 Å². The number of fused-ring (bicyclic) bond motifs is 1. The zero-order chi connectivity index (χ0) is 14.8. The summed E-state index contributed by atoms with van der Waals surface area (Å²) in [5, 5.41) is 10.0. The summed E-state index contributed by atoms with van der Waals surface area (Å²) in [6, 6.07) is 2.48. The zero-order valence-corrected chi connectivity index (χ0v) is 13.0. The lowest BCUT2D eigenvalue weighted by molar-refractivity contribution is -0.119. The molecule has 0 bridgehead atoms. The van der Waals surface area contributed by atoms with Crippen LogP contribution >= 0.6 is 11.3 Å². The quantitative estimate of drug-likeness (QED) is 0.760. The number of aromatic nitrogens is 2. The van der Waals surface area contributed by atoms with Crippen LogP contribution in [0.25, 0.3) is 10.2 Å². The number of carbonyl (C=O) groups is 1. The summed E-state index contributed by atoms with van der Waals surface area (Å²) in [6.45, 7) is 2.36. The Bertz CT molecular complexity index is 665. The molecular formula is C14H19N5OS. The molecule has 2 heterocycles. The molecule has 0 unspecified atom stereocenters. The van der Waals surface area contributed by atoms with Crippen molar-refractivity contribution in [3.63, 3.8) is 0 Å². The SMILES string of the molecule is CCc1cc2c(NCC(=O)NC3CC3)nc(NC)nc2s1. The van der Waals surface area contributed by atoms with Gasteiger partial charge in [0.25, 0.3) is 0 Å². The van der Waals surface area contributed by atoms with Crippen LogP contribution in [-0.4, -0.2) is 35.5 Å². The van der Waals surface area contributed by atoms with Gasteiger partial charge in [0.15, 0.2) is 0 Å². The highest BCUT2D eigenvalue weighted by Gasteiger charge is 2.23. The Balaban J connectivity index is 1.80. The second kappa shape index (κ2) is 5.85. The van der Waals surface area contributed by atoms with Gasteiger partial charge in [-0.3, -0.25) is 4.79 Å². The lowest BCUT2D eigenvalue weighted by Crippen LogP contribution is -2.31. The highest BCUT2D eigenvalue weighted by Crippen LogP contribution is 2.30. The van der Waals surface area contributed by atoms with Crippen molar-refractivity contribution in [1.82, 2.24) is 15.3 Å². The molecule has 6 nitrogen and oxygen atoms in total. The van der Waals surface area contributed by atoms with Gasteiger partial charge in [0.1, 0.15) is 10.6 Å². The van der Waals surface area contributed by atoms with E-state index in [1.165, 1.54) is 4.88 Å². The predicted octanol–water partition coefficient (Wildman–Crippen LogP) is 1.99. The Kier molecular flexibility index (Phi) is 3.92. The summed E-state index contributed by atoms with van der Waals surface area (Å²) in [5.74, 6) is 1.30. The van der Waals surface area contributed by atoms with Gasteiger partial charge < -0.3 is 16.0 Å². The van der Waals surface area contributed by atoms with E-state index in [0.717, 1.165) is 29.5 Å². The first-order valence-electron chi connectivity index (χ1n) is 7.21. The first-order valence-corrected chi connectivity index (χ1v) is 8.02. The van der Waals surface area contributed by atoms with Crippen LogP contribution in [0.2, 0.25) is 0 Å². The van der Waals surface area contributed by atoms with Crippen molar-refractivity contribution in [2.24, 2.45) is 0 Å². The van der Waals surface area contributed by atoms with Crippen LogP contribution in [-0.2, 0) is 11.2 Å². The van der Waals surface area contributed by atoms with E-state index in [2.05, 4.69) is 38.9 Å². The molecule has 0 atom stereocenters. The van der Waals surface area contributed by atoms with E-state index in [1.54, 1.807) is 18.4 Å². The molecule has 3 rings (SSSR count). The highest BCUT2D eigenvalue weighted by atomic mass is 32.1. The van der Waals surface area contributed by atoms with E-state index >= 15 is 0 Å². The molecule has 0 radical (unpaired) electrons. The Labute approximate surface area is 127 Å². The molecule has 3 N–H and O–H groups in total. The first kappa shape index (κ1) is 14.1. The number of amides is 1. The molecule has 1 aliphatic carbocycles.